The van der Waals surface area contributed by atoms with E-state index < -0.39 is 0 Å². The van der Waals surface area contributed by atoms with Crippen molar-refractivity contribution < 1.29 is 0 Å². The number of nitrogens with zero attached hydrogens (tertiary/aromatic N) is 2. The van der Waals surface area contributed by atoms with Gasteiger partial charge in [-0.1, -0.05) is 26.7 Å². The molecule has 0 aliphatic carbocycles. The van der Waals surface area contributed by atoms with Crippen molar-refractivity contribution in [1.29, 1.82) is 0 Å². The summed E-state index contributed by atoms with van der Waals surface area (Å²) in [5.74, 6) is 0. The minimum Gasteiger partial charge on any atom is -0.324 e. The molecule has 1 aromatic rings. The molecule has 0 fully saturated rings. The highest BCUT2D eigenvalue weighted by molar-refractivity contribution is 7.09. The summed E-state index contributed by atoms with van der Waals surface area (Å²) in [6.07, 6.45) is 7.14. The molecule has 3 heteroatoms. The molecule has 0 atom stereocenters. The Bertz CT molecular complexity index is 336. The third-order valence-electron chi connectivity index (χ3n) is 2.35. The Morgan fingerprint density at radius 2 is 2.00 bits per heavy atom. The van der Waals surface area contributed by atoms with Crippen molar-refractivity contribution in [2.45, 2.75) is 53.0 Å². The van der Waals surface area contributed by atoms with Crippen LogP contribution in [0.25, 0.3) is 0 Å². The highest BCUT2D eigenvalue weighted by Gasteiger charge is 1.97. The minimum atomic E-state index is 0.975. The van der Waals surface area contributed by atoms with Gasteiger partial charge >= 0.3 is 0 Å². The second-order valence-corrected chi connectivity index (χ2v) is 5.12. The smallest absolute Gasteiger partial charge is 0.184 e. The molecule has 0 saturated heterocycles. The van der Waals surface area contributed by atoms with Gasteiger partial charge in [0.1, 0.15) is 0 Å². The monoisotopic (exact) mass is 226 g/mol. The standard InChI is InChI=1S/C12H22N2S/c1-4-6-8-13-12-14(9-7-5-2)10-11(3)15-12/h10H,4-9H2,1-3H3/b13-12+. The summed E-state index contributed by atoms with van der Waals surface area (Å²) in [6, 6.07) is 0. The summed E-state index contributed by atoms with van der Waals surface area (Å²) >= 11 is 1.81. The SMILES string of the molecule is CCCC/N=c1/sc(C)cn1CCCC. The second kappa shape index (κ2) is 6.83. The van der Waals surface area contributed by atoms with E-state index in [0.29, 0.717) is 0 Å². The summed E-state index contributed by atoms with van der Waals surface area (Å²) in [4.78, 5) is 7.22. The van der Waals surface area contributed by atoms with Gasteiger partial charge < -0.3 is 4.57 Å². The molecule has 1 aromatic heterocycles. The molecule has 1 rings (SSSR count). The summed E-state index contributed by atoms with van der Waals surface area (Å²) in [6.45, 7) is 8.69. The fourth-order valence-electron chi connectivity index (χ4n) is 1.45. The molecular formula is C12H22N2S. The number of rotatable bonds is 6. The van der Waals surface area contributed by atoms with Crippen molar-refractivity contribution in [3.8, 4) is 0 Å². The van der Waals surface area contributed by atoms with Gasteiger partial charge in [-0.05, 0) is 19.8 Å². The molecule has 0 aromatic carbocycles. The average Bonchev–Trinajstić information content (AvgIpc) is 2.56. The van der Waals surface area contributed by atoms with Crippen molar-refractivity contribution in [2.24, 2.45) is 4.99 Å². The normalized spacial score (nSPS) is 12.3. The van der Waals surface area contributed by atoms with Crippen LogP contribution in [-0.2, 0) is 6.54 Å². The molecule has 2 nitrogen and oxygen atoms in total. The predicted molar refractivity (Wildman–Crippen MR) is 67.3 cm³/mol. The zero-order valence-electron chi connectivity index (χ0n) is 10.1. The molecule has 0 saturated carbocycles. The van der Waals surface area contributed by atoms with Gasteiger partial charge in [0, 0.05) is 24.2 Å². The molecule has 0 unspecified atom stereocenters. The van der Waals surface area contributed by atoms with Gasteiger partial charge in [0.05, 0.1) is 0 Å². The van der Waals surface area contributed by atoms with Crippen LogP contribution in [0.2, 0.25) is 0 Å². The van der Waals surface area contributed by atoms with E-state index in [1.807, 2.05) is 11.3 Å². The van der Waals surface area contributed by atoms with Gasteiger partial charge in [0.25, 0.3) is 0 Å². The first-order valence-corrected chi connectivity index (χ1v) is 6.77. The summed E-state index contributed by atoms with van der Waals surface area (Å²) in [5, 5.41) is 0. The molecule has 0 aliphatic rings. The fourth-order valence-corrected chi connectivity index (χ4v) is 2.33. The zero-order chi connectivity index (χ0) is 11.1. The molecular weight excluding hydrogens is 204 g/mol. The molecule has 0 spiro atoms. The molecule has 0 aliphatic heterocycles. The Morgan fingerprint density at radius 3 is 2.67 bits per heavy atom. The van der Waals surface area contributed by atoms with Crippen LogP contribution in [0.5, 0.6) is 0 Å². The van der Waals surface area contributed by atoms with Gasteiger partial charge in [-0.25, -0.2) is 0 Å². The summed E-state index contributed by atoms with van der Waals surface area (Å²) < 4.78 is 2.30. The highest BCUT2D eigenvalue weighted by atomic mass is 32.1. The van der Waals surface area contributed by atoms with Crippen LogP contribution in [0.4, 0.5) is 0 Å². The molecule has 0 bridgehead atoms. The van der Waals surface area contributed by atoms with Crippen LogP contribution in [0.3, 0.4) is 0 Å². The van der Waals surface area contributed by atoms with E-state index in [-0.39, 0.29) is 0 Å². The van der Waals surface area contributed by atoms with Crippen LogP contribution in [0.15, 0.2) is 11.2 Å². The molecule has 1 heterocycles. The van der Waals surface area contributed by atoms with E-state index in [2.05, 4.69) is 36.5 Å². The maximum absolute atomic E-state index is 4.65. The van der Waals surface area contributed by atoms with Gasteiger partial charge in [-0.15, -0.1) is 11.3 Å². The lowest BCUT2D eigenvalue weighted by molar-refractivity contribution is 0.611. The van der Waals surface area contributed by atoms with Crippen LogP contribution in [0.1, 0.15) is 44.4 Å². The quantitative estimate of drug-likeness (QED) is 0.662. The van der Waals surface area contributed by atoms with Crippen molar-refractivity contribution in [3.05, 3.63) is 15.9 Å². The van der Waals surface area contributed by atoms with Gasteiger partial charge in [0.2, 0.25) is 0 Å². The third-order valence-corrected chi connectivity index (χ3v) is 3.32. The maximum Gasteiger partial charge on any atom is 0.184 e. The van der Waals surface area contributed by atoms with Crippen molar-refractivity contribution >= 4 is 11.3 Å². The first kappa shape index (κ1) is 12.5. The average molecular weight is 226 g/mol. The van der Waals surface area contributed by atoms with E-state index in [9.17, 15) is 0 Å². The van der Waals surface area contributed by atoms with Crippen LogP contribution >= 0.6 is 11.3 Å². The number of aromatic nitrogens is 1. The van der Waals surface area contributed by atoms with E-state index in [1.54, 1.807) is 0 Å². The molecule has 0 radical (unpaired) electrons. The Labute approximate surface area is 96.7 Å². The first-order chi connectivity index (χ1) is 7.27. The maximum atomic E-state index is 4.65. The Kier molecular flexibility index (Phi) is 5.69. The largest absolute Gasteiger partial charge is 0.324 e. The highest BCUT2D eigenvalue weighted by Crippen LogP contribution is 2.03. The molecule has 0 N–H and O–H groups in total. The number of thiazole rings is 1. The van der Waals surface area contributed by atoms with Crippen LogP contribution < -0.4 is 4.80 Å². The lowest BCUT2D eigenvalue weighted by Gasteiger charge is -2.00. The topological polar surface area (TPSA) is 17.3 Å². The number of aryl methyl sites for hydroxylation is 2. The Hall–Kier alpha value is -0.570. The molecule has 86 valence electrons. The van der Waals surface area contributed by atoms with Crippen molar-refractivity contribution in [3.63, 3.8) is 0 Å². The van der Waals surface area contributed by atoms with Crippen molar-refractivity contribution in [1.82, 2.24) is 4.57 Å². The summed E-state index contributed by atoms with van der Waals surface area (Å²) in [5.41, 5.74) is 0. The second-order valence-electron chi connectivity index (χ2n) is 3.91. The number of hydrogen-bond acceptors (Lipinski definition) is 2. The Morgan fingerprint density at radius 1 is 1.27 bits per heavy atom. The number of hydrogen-bond donors (Lipinski definition) is 0. The van der Waals surface area contributed by atoms with E-state index in [1.165, 1.54) is 35.4 Å². The van der Waals surface area contributed by atoms with Gasteiger partial charge in [-0.2, -0.15) is 0 Å². The van der Waals surface area contributed by atoms with E-state index in [0.717, 1.165) is 13.1 Å². The van der Waals surface area contributed by atoms with Crippen LogP contribution in [0, 0.1) is 6.92 Å². The minimum absolute atomic E-state index is 0.975. The lowest BCUT2D eigenvalue weighted by Crippen LogP contribution is -2.14. The zero-order valence-corrected chi connectivity index (χ0v) is 10.9. The molecule has 15 heavy (non-hydrogen) atoms. The van der Waals surface area contributed by atoms with E-state index >= 15 is 0 Å². The predicted octanol–water partition coefficient (Wildman–Crippen LogP) is 3.36. The van der Waals surface area contributed by atoms with E-state index in [4.69, 9.17) is 0 Å². The van der Waals surface area contributed by atoms with Gasteiger partial charge in [-0.3, -0.25) is 4.99 Å². The lowest BCUT2D eigenvalue weighted by atomic mass is 10.3. The fraction of sp³-hybridized carbons (Fsp3) is 0.750. The number of unbranched alkanes of at least 4 members (excludes halogenated alkanes) is 2. The summed E-state index contributed by atoms with van der Waals surface area (Å²) in [7, 11) is 0. The third kappa shape index (κ3) is 4.20. The Balaban J connectivity index is 2.71. The first-order valence-electron chi connectivity index (χ1n) is 5.95. The molecule has 0 amide bonds. The van der Waals surface area contributed by atoms with Crippen LogP contribution in [-0.4, -0.2) is 11.1 Å². The van der Waals surface area contributed by atoms with Gasteiger partial charge in [0.15, 0.2) is 4.80 Å². The van der Waals surface area contributed by atoms with Crippen molar-refractivity contribution in [2.75, 3.05) is 6.54 Å².